The van der Waals surface area contributed by atoms with Gasteiger partial charge in [-0.15, -0.1) is 22.0 Å². The Labute approximate surface area is 215 Å². The molecule has 1 N–H and O–H groups in total. The minimum atomic E-state index is -3.80. The number of hydrogen-bond acceptors (Lipinski definition) is 6. The van der Waals surface area contributed by atoms with Crippen molar-refractivity contribution in [1.29, 1.82) is 5.26 Å². The van der Waals surface area contributed by atoms with Crippen molar-refractivity contribution in [3.63, 3.8) is 0 Å². The van der Waals surface area contributed by atoms with Gasteiger partial charge in [-0.25, -0.2) is 8.42 Å². The first kappa shape index (κ1) is 26.0. The van der Waals surface area contributed by atoms with Crippen molar-refractivity contribution >= 4 is 52.7 Å². The molecule has 1 heterocycles. The SMILES string of the molecule is CC#Cc1ccc2sc3ccc([C@](C)(CS(=O)(=O)C4(C#N)CCC4)N[S@+]([O-])C(C)(C)C)cc3c2c1. The number of benzene rings is 2. The minimum Gasteiger partial charge on any atom is -0.598 e. The number of nitrogens with one attached hydrogen (secondary N) is 1. The fourth-order valence-electron chi connectivity index (χ4n) is 4.38. The summed E-state index contributed by atoms with van der Waals surface area (Å²) in [6.45, 7) is 9.12. The molecule has 8 heteroatoms. The summed E-state index contributed by atoms with van der Waals surface area (Å²) < 4.78 is 43.7. The Morgan fingerprint density at radius 2 is 1.74 bits per heavy atom. The van der Waals surface area contributed by atoms with Gasteiger partial charge in [0.25, 0.3) is 0 Å². The standard InChI is InChI=1S/C27H30N2O3S3/c1-6-8-19-9-11-23-21(15-19)22-16-20(10-12-24(22)33-23)26(5,29-34(30)25(2,3)4)18-35(31,32)27(17-28)13-7-14-27/h9-12,15-16,29H,7,13-14,18H2,1-5H3/t26-,34+/m0/s1. The predicted molar refractivity (Wildman–Crippen MR) is 146 cm³/mol. The molecule has 0 unspecified atom stereocenters. The summed E-state index contributed by atoms with van der Waals surface area (Å²) in [7, 11) is -3.80. The molecule has 3 aromatic rings. The highest BCUT2D eigenvalue weighted by molar-refractivity contribution is 7.93. The third kappa shape index (κ3) is 4.71. The summed E-state index contributed by atoms with van der Waals surface area (Å²) >= 11 is 0.145. The second-order valence-electron chi connectivity index (χ2n) is 10.4. The van der Waals surface area contributed by atoms with Gasteiger partial charge < -0.3 is 4.55 Å². The number of rotatable bonds is 6. The molecule has 2 atom stereocenters. The van der Waals surface area contributed by atoms with E-state index in [1.54, 1.807) is 25.2 Å². The third-order valence-electron chi connectivity index (χ3n) is 6.69. The quantitative estimate of drug-likeness (QED) is 0.336. The molecule has 5 nitrogen and oxygen atoms in total. The van der Waals surface area contributed by atoms with Crippen LogP contribution in [0.1, 0.15) is 65.0 Å². The Hall–Kier alpha value is -2.07. The fourth-order valence-corrected chi connectivity index (χ4v) is 8.77. The first-order chi connectivity index (χ1) is 16.3. The Morgan fingerprint density at radius 1 is 1.11 bits per heavy atom. The largest absolute Gasteiger partial charge is 0.598 e. The number of nitriles is 1. The monoisotopic (exact) mass is 526 g/mol. The van der Waals surface area contributed by atoms with Crippen LogP contribution >= 0.6 is 11.3 Å². The van der Waals surface area contributed by atoms with Crippen molar-refractivity contribution in [2.45, 2.75) is 68.9 Å². The molecule has 0 aliphatic heterocycles. The molecule has 0 amide bonds. The number of sulfone groups is 1. The van der Waals surface area contributed by atoms with Crippen molar-refractivity contribution in [3.05, 3.63) is 47.5 Å². The molecule has 1 saturated carbocycles. The van der Waals surface area contributed by atoms with E-state index in [-0.39, 0.29) is 5.75 Å². The van der Waals surface area contributed by atoms with Crippen LogP contribution in [-0.4, -0.2) is 28.2 Å². The van der Waals surface area contributed by atoms with Gasteiger partial charge in [0.2, 0.25) is 0 Å². The zero-order valence-electron chi connectivity index (χ0n) is 20.7. The summed E-state index contributed by atoms with van der Waals surface area (Å²) in [5.41, 5.74) is 0.494. The molecule has 0 spiro atoms. The Morgan fingerprint density at radius 3 is 2.29 bits per heavy atom. The average molecular weight is 527 g/mol. The summed E-state index contributed by atoms with van der Waals surface area (Å²) in [6, 6.07) is 14.1. The van der Waals surface area contributed by atoms with Gasteiger partial charge in [-0.05, 0) is 89.8 Å². The van der Waals surface area contributed by atoms with Gasteiger partial charge in [0.15, 0.2) is 14.6 Å². The van der Waals surface area contributed by atoms with Gasteiger partial charge in [-0.3, -0.25) is 0 Å². The van der Waals surface area contributed by atoms with Gasteiger partial charge in [0.1, 0.15) is 4.75 Å². The zero-order chi connectivity index (χ0) is 25.6. The molecular weight excluding hydrogens is 497 g/mol. The molecule has 2 aromatic carbocycles. The van der Waals surface area contributed by atoms with E-state index in [1.807, 2.05) is 45.0 Å². The average Bonchev–Trinajstić information content (AvgIpc) is 3.09. The molecule has 4 rings (SSSR count). The lowest BCUT2D eigenvalue weighted by atomic mass is 9.86. The van der Waals surface area contributed by atoms with Crippen molar-refractivity contribution < 1.29 is 13.0 Å². The smallest absolute Gasteiger partial charge is 0.171 e. The third-order valence-corrected chi connectivity index (χ3v) is 12.2. The van der Waals surface area contributed by atoms with Gasteiger partial charge in [-0.2, -0.15) is 5.26 Å². The Bertz CT molecular complexity index is 1500. The Kier molecular flexibility index (Phi) is 6.76. The van der Waals surface area contributed by atoms with Crippen LogP contribution in [0, 0.1) is 23.2 Å². The highest BCUT2D eigenvalue weighted by Crippen LogP contribution is 2.43. The summed E-state index contributed by atoms with van der Waals surface area (Å²) in [5.74, 6) is 5.72. The molecule has 35 heavy (non-hydrogen) atoms. The van der Waals surface area contributed by atoms with E-state index < -0.39 is 36.2 Å². The molecule has 0 saturated heterocycles. The van der Waals surface area contributed by atoms with Gasteiger partial charge in [0, 0.05) is 37.1 Å². The van der Waals surface area contributed by atoms with E-state index in [1.165, 1.54) is 0 Å². The van der Waals surface area contributed by atoms with Gasteiger partial charge in [0.05, 0.1) is 17.4 Å². The van der Waals surface area contributed by atoms with E-state index in [9.17, 15) is 18.2 Å². The maximum atomic E-state index is 13.6. The van der Waals surface area contributed by atoms with E-state index in [4.69, 9.17) is 0 Å². The molecule has 0 bridgehead atoms. The first-order valence-corrected chi connectivity index (χ1v) is 15.2. The topological polar surface area (TPSA) is 93.0 Å². The number of thiophene rings is 1. The Balaban J connectivity index is 1.86. The van der Waals surface area contributed by atoms with Crippen LogP contribution < -0.4 is 4.72 Å². The molecule has 184 valence electrons. The van der Waals surface area contributed by atoms with Crippen LogP contribution in [0.2, 0.25) is 0 Å². The lowest BCUT2D eigenvalue weighted by molar-refractivity contribution is 0.393. The lowest BCUT2D eigenvalue weighted by Crippen LogP contribution is -2.56. The molecule has 0 radical (unpaired) electrons. The van der Waals surface area contributed by atoms with E-state index in [0.717, 1.165) is 37.7 Å². The van der Waals surface area contributed by atoms with Crippen LogP contribution in [-0.2, 0) is 26.7 Å². The zero-order valence-corrected chi connectivity index (χ0v) is 23.1. The van der Waals surface area contributed by atoms with Crippen LogP contribution in [0.25, 0.3) is 20.2 Å². The molecule has 1 aliphatic carbocycles. The van der Waals surface area contributed by atoms with E-state index >= 15 is 0 Å². The van der Waals surface area contributed by atoms with Crippen LogP contribution in [0.3, 0.4) is 0 Å². The van der Waals surface area contributed by atoms with Crippen molar-refractivity contribution in [3.8, 4) is 17.9 Å². The summed E-state index contributed by atoms with van der Waals surface area (Å²) in [4.78, 5) is 0. The van der Waals surface area contributed by atoms with Crippen LogP contribution in [0.4, 0.5) is 0 Å². The van der Waals surface area contributed by atoms with Crippen molar-refractivity contribution in [2.75, 3.05) is 5.75 Å². The molecule has 1 fully saturated rings. The summed E-state index contributed by atoms with van der Waals surface area (Å²) in [6.07, 6.45) is 1.42. The fraction of sp³-hybridized carbons (Fsp3) is 0.444. The number of fused-ring (bicyclic) bond motifs is 3. The molecular formula is C27H30N2O3S3. The molecule has 1 aliphatic rings. The second kappa shape index (κ2) is 9.10. The second-order valence-corrected chi connectivity index (χ2v) is 15.8. The predicted octanol–water partition coefficient (Wildman–Crippen LogP) is 5.55. The van der Waals surface area contributed by atoms with Gasteiger partial charge >= 0.3 is 0 Å². The van der Waals surface area contributed by atoms with Crippen LogP contribution in [0.5, 0.6) is 0 Å². The van der Waals surface area contributed by atoms with Gasteiger partial charge in [-0.1, -0.05) is 12.0 Å². The minimum absolute atomic E-state index is 0.310. The maximum absolute atomic E-state index is 13.6. The maximum Gasteiger partial charge on any atom is 0.171 e. The normalized spacial score (nSPS) is 18.2. The van der Waals surface area contributed by atoms with E-state index in [0.29, 0.717) is 12.8 Å². The van der Waals surface area contributed by atoms with Crippen LogP contribution in [0.15, 0.2) is 36.4 Å². The number of nitrogens with zero attached hydrogens (tertiary/aromatic N) is 1. The summed E-state index contributed by atoms with van der Waals surface area (Å²) in [5, 5.41) is 11.8. The van der Waals surface area contributed by atoms with Crippen molar-refractivity contribution in [1.82, 2.24) is 4.72 Å². The number of hydrogen-bond donors (Lipinski definition) is 1. The van der Waals surface area contributed by atoms with Crippen molar-refractivity contribution in [2.24, 2.45) is 0 Å². The first-order valence-electron chi connectivity index (χ1n) is 11.6. The highest BCUT2D eigenvalue weighted by atomic mass is 32.2. The lowest BCUT2D eigenvalue weighted by Gasteiger charge is -2.40. The molecule has 1 aromatic heterocycles. The highest BCUT2D eigenvalue weighted by Gasteiger charge is 2.53. The van der Waals surface area contributed by atoms with E-state index in [2.05, 4.69) is 34.8 Å².